The molecule has 26 heavy (non-hydrogen) atoms. The molecule has 1 unspecified atom stereocenters. The van der Waals surface area contributed by atoms with E-state index < -0.39 is 40.9 Å². The molecule has 5 nitrogen and oxygen atoms in total. The van der Waals surface area contributed by atoms with E-state index in [4.69, 9.17) is 0 Å². The van der Waals surface area contributed by atoms with Crippen LogP contribution in [-0.4, -0.2) is 18.4 Å². The van der Waals surface area contributed by atoms with Crippen LogP contribution in [-0.2, 0) is 9.59 Å². The van der Waals surface area contributed by atoms with Crippen LogP contribution in [0.1, 0.15) is 6.42 Å². The highest BCUT2D eigenvalue weighted by Gasteiger charge is 2.37. The van der Waals surface area contributed by atoms with E-state index in [0.717, 1.165) is 16.6 Å². The van der Waals surface area contributed by atoms with Crippen LogP contribution in [0.3, 0.4) is 0 Å². The van der Waals surface area contributed by atoms with Gasteiger partial charge in [-0.25, -0.2) is 13.2 Å². The van der Waals surface area contributed by atoms with Crippen molar-refractivity contribution in [2.75, 3.05) is 16.9 Å². The molecule has 1 heterocycles. The van der Waals surface area contributed by atoms with Gasteiger partial charge in [0.2, 0.25) is 5.91 Å². The summed E-state index contributed by atoms with van der Waals surface area (Å²) in [5, 5.41) is 0. The Hall–Kier alpha value is -2.55. The summed E-state index contributed by atoms with van der Waals surface area (Å²) in [7, 11) is 0. The monoisotopic (exact) mass is 427 g/mol. The minimum Gasteiger partial charge on any atom is -0.312 e. The van der Waals surface area contributed by atoms with E-state index >= 15 is 0 Å². The Labute approximate surface area is 155 Å². The molecule has 9 heteroatoms. The first-order valence-corrected chi connectivity index (χ1v) is 8.44. The maximum atomic E-state index is 13.6. The van der Waals surface area contributed by atoms with Gasteiger partial charge in [-0.3, -0.25) is 20.4 Å². The van der Waals surface area contributed by atoms with Gasteiger partial charge in [-0.15, -0.1) is 0 Å². The maximum Gasteiger partial charge on any atom is 0.250 e. The first-order valence-electron chi connectivity index (χ1n) is 7.65. The Morgan fingerprint density at radius 2 is 1.92 bits per heavy atom. The number of hydrogen-bond acceptors (Lipinski definition) is 3. The molecule has 0 aliphatic carbocycles. The van der Waals surface area contributed by atoms with Crippen molar-refractivity contribution < 1.29 is 22.8 Å². The quantitative estimate of drug-likeness (QED) is 0.446. The zero-order chi connectivity index (χ0) is 18.8. The van der Waals surface area contributed by atoms with Crippen molar-refractivity contribution in [3.05, 3.63) is 58.3 Å². The summed E-state index contributed by atoms with van der Waals surface area (Å²) < 4.78 is 40.5. The molecule has 0 aromatic heterocycles. The van der Waals surface area contributed by atoms with Gasteiger partial charge in [0, 0.05) is 16.7 Å². The van der Waals surface area contributed by atoms with Crippen molar-refractivity contribution in [3.63, 3.8) is 0 Å². The number of nitrogens with one attached hydrogen (secondary N) is 2. The molecule has 0 radical (unpaired) electrons. The standard InChI is InChI=1S/C17H13BrF3N3O2/c18-9-2-1-3-10(8-9)24-7-6-11(17(24)26)16(25)23-22-13-5-4-12(19)14(20)15(13)21/h1-5,8,11,22H,6-7H2,(H,23,25). The van der Waals surface area contributed by atoms with Gasteiger partial charge >= 0.3 is 0 Å². The van der Waals surface area contributed by atoms with Crippen LogP contribution >= 0.6 is 15.9 Å². The normalized spacial score (nSPS) is 16.7. The van der Waals surface area contributed by atoms with Crippen molar-refractivity contribution in [2.45, 2.75) is 6.42 Å². The van der Waals surface area contributed by atoms with E-state index in [1.807, 2.05) is 6.07 Å². The second-order valence-corrected chi connectivity index (χ2v) is 6.56. The number of hydrazine groups is 1. The Balaban J connectivity index is 1.66. The molecule has 2 amide bonds. The molecule has 3 rings (SSSR count). The van der Waals surface area contributed by atoms with E-state index in [9.17, 15) is 22.8 Å². The molecule has 1 saturated heterocycles. The Morgan fingerprint density at radius 3 is 2.65 bits per heavy atom. The second kappa shape index (κ2) is 7.36. The Bertz CT molecular complexity index is 878. The highest BCUT2D eigenvalue weighted by atomic mass is 79.9. The number of rotatable bonds is 4. The first-order chi connectivity index (χ1) is 12.4. The largest absolute Gasteiger partial charge is 0.312 e. The molecule has 2 N–H and O–H groups in total. The van der Waals surface area contributed by atoms with Crippen molar-refractivity contribution in [3.8, 4) is 0 Å². The SMILES string of the molecule is O=C(NNc1ccc(F)c(F)c1F)C1CCN(c2cccc(Br)c2)C1=O. The topological polar surface area (TPSA) is 61.4 Å². The second-order valence-electron chi connectivity index (χ2n) is 5.65. The molecule has 136 valence electrons. The molecule has 1 aliphatic rings. The summed E-state index contributed by atoms with van der Waals surface area (Å²) in [4.78, 5) is 26.2. The smallest absolute Gasteiger partial charge is 0.250 e. The van der Waals surface area contributed by atoms with Crippen LogP contribution in [0.15, 0.2) is 40.9 Å². The fraction of sp³-hybridized carbons (Fsp3) is 0.176. The number of amides is 2. The molecule has 0 bridgehead atoms. The van der Waals surface area contributed by atoms with Crippen molar-refractivity contribution in [1.82, 2.24) is 5.43 Å². The van der Waals surface area contributed by atoms with Crippen LogP contribution in [0.25, 0.3) is 0 Å². The third kappa shape index (κ3) is 3.52. The van der Waals surface area contributed by atoms with E-state index in [-0.39, 0.29) is 6.42 Å². The van der Waals surface area contributed by atoms with E-state index in [0.29, 0.717) is 12.2 Å². The van der Waals surface area contributed by atoms with Crippen LogP contribution in [0, 0.1) is 23.4 Å². The Kier molecular flexibility index (Phi) is 5.17. The fourth-order valence-electron chi connectivity index (χ4n) is 2.66. The minimum absolute atomic E-state index is 0.277. The summed E-state index contributed by atoms with van der Waals surface area (Å²) in [6.45, 7) is 0.354. The number of carbonyl (C=O) groups is 2. The summed E-state index contributed by atoms with van der Waals surface area (Å²) in [5.74, 6) is -6.49. The van der Waals surface area contributed by atoms with Gasteiger partial charge < -0.3 is 4.90 Å². The van der Waals surface area contributed by atoms with Gasteiger partial charge in [0.1, 0.15) is 5.92 Å². The average molecular weight is 428 g/mol. The first kappa shape index (κ1) is 18.2. The van der Waals surface area contributed by atoms with Gasteiger partial charge in [-0.05, 0) is 36.8 Å². The minimum atomic E-state index is -1.65. The van der Waals surface area contributed by atoms with Crippen molar-refractivity contribution >= 4 is 39.1 Å². The highest BCUT2D eigenvalue weighted by Crippen LogP contribution is 2.27. The number of halogens is 4. The van der Waals surface area contributed by atoms with Gasteiger partial charge in [0.05, 0.1) is 5.69 Å². The zero-order valence-corrected chi connectivity index (χ0v) is 14.8. The molecule has 1 fully saturated rings. The van der Waals surface area contributed by atoms with E-state index in [1.54, 1.807) is 18.2 Å². The predicted molar refractivity (Wildman–Crippen MR) is 92.7 cm³/mol. The lowest BCUT2D eigenvalue weighted by atomic mass is 10.1. The number of hydrogen-bond donors (Lipinski definition) is 2. The zero-order valence-electron chi connectivity index (χ0n) is 13.2. The molecule has 2 aromatic carbocycles. The summed E-state index contributed by atoms with van der Waals surface area (Å²) in [6.07, 6.45) is 0.277. The molecule has 0 spiro atoms. The third-order valence-electron chi connectivity index (χ3n) is 4.00. The van der Waals surface area contributed by atoms with Gasteiger partial charge in [0.15, 0.2) is 17.5 Å². The lowest BCUT2D eigenvalue weighted by Gasteiger charge is -2.17. The molecule has 1 atom stereocenters. The molecular weight excluding hydrogens is 415 g/mol. The lowest BCUT2D eigenvalue weighted by molar-refractivity contribution is -0.131. The predicted octanol–water partition coefficient (Wildman–Crippen LogP) is 3.36. The van der Waals surface area contributed by atoms with E-state index in [1.165, 1.54) is 4.90 Å². The van der Waals surface area contributed by atoms with E-state index in [2.05, 4.69) is 26.8 Å². The lowest BCUT2D eigenvalue weighted by Crippen LogP contribution is -2.39. The van der Waals surface area contributed by atoms with Crippen molar-refractivity contribution in [2.24, 2.45) is 5.92 Å². The van der Waals surface area contributed by atoms with Crippen LogP contribution in [0.2, 0.25) is 0 Å². The molecular formula is C17H13BrF3N3O2. The molecule has 0 saturated carbocycles. The van der Waals surface area contributed by atoms with Crippen LogP contribution < -0.4 is 15.8 Å². The average Bonchev–Trinajstić information content (AvgIpc) is 3.00. The Morgan fingerprint density at radius 1 is 1.15 bits per heavy atom. The number of anilines is 2. The highest BCUT2D eigenvalue weighted by molar-refractivity contribution is 9.10. The fourth-order valence-corrected chi connectivity index (χ4v) is 3.05. The van der Waals surface area contributed by atoms with Crippen LogP contribution in [0.5, 0.6) is 0 Å². The maximum absolute atomic E-state index is 13.6. The van der Waals surface area contributed by atoms with Gasteiger partial charge in [-0.2, -0.15) is 0 Å². The van der Waals surface area contributed by atoms with Crippen molar-refractivity contribution in [1.29, 1.82) is 0 Å². The third-order valence-corrected chi connectivity index (χ3v) is 4.49. The van der Waals surface area contributed by atoms with Gasteiger partial charge in [-0.1, -0.05) is 22.0 Å². The summed E-state index contributed by atoms with van der Waals surface area (Å²) >= 11 is 3.32. The molecule has 2 aromatic rings. The number of nitrogens with zero attached hydrogens (tertiary/aromatic N) is 1. The van der Waals surface area contributed by atoms with Gasteiger partial charge in [0.25, 0.3) is 5.91 Å². The summed E-state index contributed by atoms with van der Waals surface area (Å²) in [6, 6.07) is 8.76. The van der Waals surface area contributed by atoms with Crippen LogP contribution in [0.4, 0.5) is 24.5 Å². The number of carbonyl (C=O) groups excluding carboxylic acids is 2. The summed E-state index contributed by atoms with van der Waals surface area (Å²) in [5.41, 5.74) is 4.56. The molecule has 1 aliphatic heterocycles. The number of benzene rings is 2.